The summed E-state index contributed by atoms with van der Waals surface area (Å²) < 4.78 is 7.36. The molecular weight excluding hydrogens is 256 g/mol. The average molecular weight is 272 g/mol. The van der Waals surface area contributed by atoms with Crippen LogP contribution in [-0.2, 0) is 15.1 Å². The van der Waals surface area contributed by atoms with E-state index in [0.29, 0.717) is 17.7 Å². The number of carboxylic acid groups (broad SMARTS) is 1. The van der Waals surface area contributed by atoms with Gasteiger partial charge in [0.1, 0.15) is 0 Å². The number of nitrogens with zero attached hydrogens (tertiary/aromatic N) is 3. The SMILES string of the molecule is CC1OCCC1(C)n1c(N)nnc1SCC(=O)O. The van der Waals surface area contributed by atoms with E-state index in [1.807, 2.05) is 13.8 Å². The maximum absolute atomic E-state index is 10.6. The highest BCUT2D eigenvalue weighted by Gasteiger charge is 2.41. The van der Waals surface area contributed by atoms with Crippen LogP contribution < -0.4 is 5.73 Å². The van der Waals surface area contributed by atoms with E-state index in [2.05, 4.69) is 10.2 Å². The van der Waals surface area contributed by atoms with E-state index >= 15 is 0 Å². The molecule has 7 nitrogen and oxygen atoms in total. The van der Waals surface area contributed by atoms with E-state index in [0.717, 1.165) is 18.2 Å². The molecule has 3 N–H and O–H groups in total. The van der Waals surface area contributed by atoms with Crippen LogP contribution in [-0.4, -0.2) is 44.3 Å². The molecule has 1 aliphatic heterocycles. The number of rotatable bonds is 4. The Morgan fingerprint density at radius 1 is 1.72 bits per heavy atom. The number of aromatic nitrogens is 3. The minimum Gasteiger partial charge on any atom is -0.481 e. The van der Waals surface area contributed by atoms with Gasteiger partial charge in [-0.15, -0.1) is 10.2 Å². The molecule has 0 aliphatic carbocycles. The topological polar surface area (TPSA) is 103 Å². The monoisotopic (exact) mass is 272 g/mol. The van der Waals surface area contributed by atoms with Crippen LogP contribution in [0.5, 0.6) is 0 Å². The molecule has 1 aromatic heterocycles. The van der Waals surface area contributed by atoms with Crippen LogP contribution in [0.25, 0.3) is 0 Å². The molecule has 18 heavy (non-hydrogen) atoms. The van der Waals surface area contributed by atoms with Gasteiger partial charge >= 0.3 is 5.97 Å². The van der Waals surface area contributed by atoms with Gasteiger partial charge in [0.15, 0.2) is 5.16 Å². The highest BCUT2D eigenvalue weighted by Crippen LogP contribution is 2.37. The summed E-state index contributed by atoms with van der Waals surface area (Å²) in [4.78, 5) is 10.6. The number of carboxylic acids is 1. The van der Waals surface area contributed by atoms with Crippen molar-refractivity contribution in [2.24, 2.45) is 0 Å². The van der Waals surface area contributed by atoms with Crippen molar-refractivity contribution >= 4 is 23.7 Å². The number of ether oxygens (including phenoxy) is 1. The molecule has 0 amide bonds. The Morgan fingerprint density at radius 3 is 3.00 bits per heavy atom. The Morgan fingerprint density at radius 2 is 2.44 bits per heavy atom. The maximum atomic E-state index is 10.6. The van der Waals surface area contributed by atoms with Crippen LogP contribution in [0.2, 0.25) is 0 Å². The van der Waals surface area contributed by atoms with Crippen LogP contribution >= 0.6 is 11.8 Å². The number of thioether (sulfide) groups is 1. The molecule has 1 fully saturated rings. The van der Waals surface area contributed by atoms with Crippen LogP contribution in [0.3, 0.4) is 0 Å². The normalized spacial score (nSPS) is 27.6. The van der Waals surface area contributed by atoms with Gasteiger partial charge in [-0.05, 0) is 20.3 Å². The number of nitrogen functional groups attached to an aromatic ring is 1. The fraction of sp³-hybridized carbons (Fsp3) is 0.700. The number of carbonyl (C=O) groups is 1. The zero-order valence-electron chi connectivity index (χ0n) is 10.3. The Bertz CT molecular complexity index is 464. The quantitative estimate of drug-likeness (QED) is 0.772. The lowest BCUT2D eigenvalue weighted by molar-refractivity contribution is -0.133. The molecule has 0 spiro atoms. The summed E-state index contributed by atoms with van der Waals surface area (Å²) in [6.45, 7) is 4.64. The van der Waals surface area contributed by atoms with Gasteiger partial charge in [-0.1, -0.05) is 11.8 Å². The number of hydrogen-bond acceptors (Lipinski definition) is 6. The second-order valence-electron chi connectivity index (χ2n) is 4.48. The number of aliphatic carboxylic acids is 1. The van der Waals surface area contributed by atoms with Crippen molar-refractivity contribution in [2.45, 2.75) is 37.1 Å². The molecule has 0 saturated carbocycles. The third kappa shape index (κ3) is 2.17. The third-order valence-corrected chi connectivity index (χ3v) is 4.26. The molecule has 1 aromatic rings. The zero-order chi connectivity index (χ0) is 13.3. The summed E-state index contributed by atoms with van der Waals surface area (Å²) in [5.41, 5.74) is 5.52. The Hall–Kier alpha value is -1.28. The van der Waals surface area contributed by atoms with E-state index in [1.54, 1.807) is 4.57 Å². The van der Waals surface area contributed by atoms with Crippen molar-refractivity contribution in [3.63, 3.8) is 0 Å². The van der Waals surface area contributed by atoms with E-state index < -0.39 is 5.97 Å². The van der Waals surface area contributed by atoms with E-state index in [1.165, 1.54) is 0 Å². The van der Waals surface area contributed by atoms with Gasteiger partial charge in [-0.2, -0.15) is 0 Å². The molecule has 100 valence electrons. The fourth-order valence-corrected chi connectivity index (χ4v) is 2.88. The van der Waals surface area contributed by atoms with Crippen molar-refractivity contribution in [1.29, 1.82) is 0 Å². The first kappa shape index (κ1) is 13.2. The zero-order valence-corrected chi connectivity index (χ0v) is 11.1. The molecule has 2 atom stereocenters. The molecule has 2 rings (SSSR count). The van der Waals surface area contributed by atoms with Gasteiger partial charge in [0.05, 0.1) is 17.4 Å². The summed E-state index contributed by atoms with van der Waals surface area (Å²) in [5, 5.41) is 17.0. The summed E-state index contributed by atoms with van der Waals surface area (Å²) in [6, 6.07) is 0. The van der Waals surface area contributed by atoms with Gasteiger partial charge in [0, 0.05) is 6.61 Å². The molecule has 2 heterocycles. The lowest BCUT2D eigenvalue weighted by atomic mass is 9.94. The molecule has 1 aliphatic rings. The first-order valence-corrected chi connectivity index (χ1v) is 6.61. The third-order valence-electron chi connectivity index (χ3n) is 3.35. The summed E-state index contributed by atoms with van der Waals surface area (Å²) in [7, 11) is 0. The van der Waals surface area contributed by atoms with Crippen LogP contribution in [0.4, 0.5) is 5.95 Å². The van der Waals surface area contributed by atoms with Crippen LogP contribution in [0, 0.1) is 0 Å². The molecule has 8 heteroatoms. The minimum atomic E-state index is -0.894. The maximum Gasteiger partial charge on any atom is 0.313 e. The van der Waals surface area contributed by atoms with Crippen molar-refractivity contribution in [3.05, 3.63) is 0 Å². The van der Waals surface area contributed by atoms with Gasteiger partial charge in [0.25, 0.3) is 0 Å². The predicted molar refractivity (Wildman–Crippen MR) is 66.5 cm³/mol. The highest BCUT2D eigenvalue weighted by molar-refractivity contribution is 7.99. The molecule has 1 saturated heterocycles. The second kappa shape index (κ2) is 4.77. The first-order valence-electron chi connectivity index (χ1n) is 5.62. The van der Waals surface area contributed by atoms with Gasteiger partial charge < -0.3 is 15.6 Å². The highest BCUT2D eigenvalue weighted by atomic mass is 32.2. The number of hydrogen-bond donors (Lipinski definition) is 2. The number of nitrogens with two attached hydrogens (primary N) is 1. The predicted octanol–water partition coefficient (Wildman–Crippen LogP) is 0.561. The second-order valence-corrected chi connectivity index (χ2v) is 5.42. The fourth-order valence-electron chi connectivity index (χ4n) is 2.10. The van der Waals surface area contributed by atoms with E-state index in [9.17, 15) is 4.79 Å². The van der Waals surface area contributed by atoms with Gasteiger partial charge in [-0.3, -0.25) is 9.36 Å². The van der Waals surface area contributed by atoms with Crippen molar-refractivity contribution < 1.29 is 14.6 Å². The smallest absolute Gasteiger partial charge is 0.313 e. The standard InChI is InChI=1S/C10H16N4O3S/c1-6-10(2,3-4-17-6)14-8(11)12-13-9(14)18-5-7(15)16/h6H,3-5H2,1-2H3,(H2,11,12)(H,15,16). The largest absolute Gasteiger partial charge is 0.481 e. The Kier molecular flexibility index (Phi) is 3.49. The minimum absolute atomic E-state index is 0.0139. The summed E-state index contributed by atoms with van der Waals surface area (Å²) in [5.74, 6) is -0.666. The van der Waals surface area contributed by atoms with Gasteiger partial charge in [0.2, 0.25) is 5.95 Å². The lowest BCUT2D eigenvalue weighted by Crippen LogP contribution is -2.38. The van der Waals surface area contributed by atoms with Crippen molar-refractivity contribution in [2.75, 3.05) is 18.1 Å². The Balaban J connectivity index is 2.31. The molecule has 0 radical (unpaired) electrons. The molecule has 0 aromatic carbocycles. The summed E-state index contributed by atoms with van der Waals surface area (Å²) >= 11 is 1.12. The number of anilines is 1. The van der Waals surface area contributed by atoms with Crippen LogP contribution in [0.1, 0.15) is 20.3 Å². The average Bonchev–Trinajstić information content (AvgIpc) is 2.82. The molecular formula is C10H16N4O3S. The first-order chi connectivity index (χ1) is 8.45. The Labute approximate surface area is 109 Å². The van der Waals surface area contributed by atoms with Crippen molar-refractivity contribution in [1.82, 2.24) is 14.8 Å². The van der Waals surface area contributed by atoms with Crippen LogP contribution in [0.15, 0.2) is 5.16 Å². The lowest BCUT2D eigenvalue weighted by Gasteiger charge is -2.30. The summed E-state index contributed by atoms with van der Waals surface area (Å²) in [6.07, 6.45) is 0.789. The van der Waals surface area contributed by atoms with E-state index in [-0.39, 0.29) is 17.4 Å². The van der Waals surface area contributed by atoms with Gasteiger partial charge in [-0.25, -0.2) is 0 Å². The molecule has 2 unspecified atom stereocenters. The van der Waals surface area contributed by atoms with E-state index in [4.69, 9.17) is 15.6 Å². The molecule has 0 bridgehead atoms. The van der Waals surface area contributed by atoms with Crippen molar-refractivity contribution in [3.8, 4) is 0 Å².